The van der Waals surface area contributed by atoms with Crippen molar-refractivity contribution in [3.8, 4) is 17.0 Å². The molecule has 21 heavy (non-hydrogen) atoms. The van der Waals surface area contributed by atoms with Gasteiger partial charge in [-0.1, -0.05) is 54.6 Å². The molecule has 0 radical (unpaired) electrons. The molecule has 0 unspecified atom stereocenters. The Morgan fingerprint density at radius 2 is 1.33 bits per heavy atom. The summed E-state index contributed by atoms with van der Waals surface area (Å²) in [5.74, 6) is 0.289. The van der Waals surface area contributed by atoms with Gasteiger partial charge in [-0.15, -0.1) is 0 Å². The molecule has 0 bridgehead atoms. The zero-order chi connectivity index (χ0) is 14.2. The third-order valence-corrected chi connectivity index (χ3v) is 3.83. The Hall–Kier alpha value is -2.87. The molecule has 0 fully saturated rings. The highest BCUT2D eigenvalue weighted by molar-refractivity contribution is 6.01. The van der Waals surface area contributed by atoms with Gasteiger partial charge in [0.05, 0.1) is 5.69 Å². The number of aromatic hydroxyl groups is 1. The predicted octanol–water partition coefficient (Wildman–Crippen LogP) is 4.76. The van der Waals surface area contributed by atoms with E-state index in [1.807, 2.05) is 60.7 Å². The van der Waals surface area contributed by atoms with Crippen LogP contribution in [0.1, 0.15) is 0 Å². The number of hydrogen-bond acceptors (Lipinski definition) is 2. The molecule has 2 heteroatoms. The minimum Gasteiger partial charge on any atom is -0.507 e. The van der Waals surface area contributed by atoms with Crippen LogP contribution in [0.15, 0.2) is 72.9 Å². The second-order valence-corrected chi connectivity index (χ2v) is 5.06. The normalized spacial score (nSPS) is 11.0. The van der Waals surface area contributed by atoms with Crippen LogP contribution >= 0.6 is 0 Å². The number of aromatic nitrogens is 1. The first kappa shape index (κ1) is 11.9. The lowest BCUT2D eigenvalue weighted by atomic mass is 9.99. The fraction of sp³-hybridized carbons (Fsp3) is 0. The Morgan fingerprint density at radius 3 is 2.14 bits per heavy atom. The Labute approximate surface area is 122 Å². The van der Waals surface area contributed by atoms with Crippen molar-refractivity contribution < 1.29 is 5.11 Å². The van der Waals surface area contributed by atoms with Crippen LogP contribution < -0.4 is 0 Å². The smallest absolute Gasteiger partial charge is 0.132 e. The van der Waals surface area contributed by atoms with E-state index in [2.05, 4.69) is 11.1 Å². The summed E-state index contributed by atoms with van der Waals surface area (Å²) in [5, 5.41) is 14.7. The predicted molar refractivity (Wildman–Crippen MR) is 86.3 cm³/mol. The summed E-state index contributed by atoms with van der Waals surface area (Å²) in [6.07, 6.45) is 1.78. The summed E-state index contributed by atoms with van der Waals surface area (Å²) in [7, 11) is 0. The largest absolute Gasteiger partial charge is 0.507 e. The van der Waals surface area contributed by atoms with Gasteiger partial charge < -0.3 is 5.11 Å². The lowest BCUT2D eigenvalue weighted by Gasteiger charge is -2.10. The summed E-state index contributed by atoms with van der Waals surface area (Å²) >= 11 is 0. The third-order valence-electron chi connectivity index (χ3n) is 3.83. The molecule has 4 rings (SSSR count). The first-order chi connectivity index (χ1) is 10.3. The van der Waals surface area contributed by atoms with Crippen LogP contribution in [0.5, 0.6) is 5.75 Å². The van der Waals surface area contributed by atoms with E-state index in [0.29, 0.717) is 0 Å². The average Bonchev–Trinajstić information content (AvgIpc) is 2.55. The Morgan fingerprint density at radius 1 is 0.667 bits per heavy atom. The molecule has 0 amide bonds. The number of rotatable bonds is 1. The highest BCUT2D eigenvalue weighted by atomic mass is 16.3. The molecule has 0 aliphatic heterocycles. The SMILES string of the molecule is Oc1c(-c2nccc3ccccc23)ccc2ccccc12. The molecule has 0 saturated carbocycles. The maximum atomic E-state index is 10.6. The molecule has 0 aliphatic carbocycles. The second-order valence-electron chi connectivity index (χ2n) is 5.06. The first-order valence-corrected chi connectivity index (χ1v) is 6.89. The van der Waals surface area contributed by atoms with Gasteiger partial charge in [-0.3, -0.25) is 4.98 Å². The van der Waals surface area contributed by atoms with E-state index < -0.39 is 0 Å². The van der Waals surface area contributed by atoms with Gasteiger partial charge in [-0.05, 0) is 22.9 Å². The van der Waals surface area contributed by atoms with E-state index in [4.69, 9.17) is 0 Å². The third kappa shape index (κ3) is 1.84. The summed E-state index contributed by atoms with van der Waals surface area (Å²) in [6.45, 7) is 0. The number of pyridine rings is 1. The fourth-order valence-electron chi connectivity index (χ4n) is 2.78. The van der Waals surface area contributed by atoms with E-state index in [0.717, 1.165) is 32.8 Å². The summed E-state index contributed by atoms with van der Waals surface area (Å²) in [4.78, 5) is 4.48. The van der Waals surface area contributed by atoms with Crippen molar-refractivity contribution in [3.05, 3.63) is 72.9 Å². The number of fused-ring (bicyclic) bond motifs is 2. The molecular weight excluding hydrogens is 258 g/mol. The summed E-state index contributed by atoms with van der Waals surface area (Å²) < 4.78 is 0. The van der Waals surface area contributed by atoms with Gasteiger partial charge >= 0.3 is 0 Å². The van der Waals surface area contributed by atoms with Crippen LogP contribution in [0.4, 0.5) is 0 Å². The highest BCUT2D eigenvalue weighted by Crippen LogP contribution is 2.37. The van der Waals surface area contributed by atoms with E-state index in [-0.39, 0.29) is 5.75 Å². The molecule has 4 aromatic rings. The number of phenolic OH excluding ortho intramolecular Hbond substituents is 1. The molecule has 0 spiro atoms. The van der Waals surface area contributed by atoms with E-state index in [9.17, 15) is 5.11 Å². The average molecular weight is 271 g/mol. The van der Waals surface area contributed by atoms with Gasteiger partial charge in [-0.2, -0.15) is 0 Å². The lowest BCUT2D eigenvalue weighted by Crippen LogP contribution is -1.87. The molecule has 0 atom stereocenters. The van der Waals surface area contributed by atoms with Crippen molar-refractivity contribution in [1.82, 2.24) is 4.98 Å². The summed E-state index contributed by atoms with van der Waals surface area (Å²) in [5.41, 5.74) is 1.59. The molecule has 1 N–H and O–H groups in total. The Kier molecular flexibility index (Phi) is 2.61. The molecule has 1 heterocycles. The first-order valence-electron chi connectivity index (χ1n) is 6.89. The van der Waals surface area contributed by atoms with Crippen molar-refractivity contribution >= 4 is 21.5 Å². The Balaban J connectivity index is 2.07. The van der Waals surface area contributed by atoms with Crippen LogP contribution in [-0.2, 0) is 0 Å². The van der Waals surface area contributed by atoms with Crippen molar-refractivity contribution in [2.75, 3.05) is 0 Å². The second kappa shape index (κ2) is 4.60. The van der Waals surface area contributed by atoms with Gasteiger partial charge in [0.15, 0.2) is 0 Å². The van der Waals surface area contributed by atoms with Crippen LogP contribution in [-0.4, -0.2) is 10.1 Å². The number of phenols is 1. The molecule has 0 saturated heterocycles. The standard InChI is InChI=1S/C19H13NO/c21-19-16-8-4-2-5-13(16)9-10-17(19)18-15-7-3-1-6-14(15)11-12-20-18/h1-12,21H. The van der Waals surface area contributed by atoms with Crippen LogP contribution in [0.3, 0.4) is 0 Å². The van der Waals surface area contributed by atoms with Crippen molar-refractivity contribution in [2.24, 2.45) is 0 Å². The van der Waals surface area contributed by atoms with E-state index in [1.165, 1.54) is 0 Å². The topological polar surface area (TPSA) is 33.1 Å². The van der Waals surface area contributed by atoms with Gasteiger partial charge in [-0.25, -0.2) is 0 Å². The van der Waals surface area contributed by atoms with Crippen molar-refractivity contribution in [1.29, 1.82) is 0 Å². The maximum Gasteiger partial charge on any atom is 0.132 e. The molecule has 3 aromatic carbocycles. The molecule has 100 valence electrons. The minimum absolute atomic E-state index is 0.289. The fourth-order valence-corrected chi connectivity index (χ4v) is 2.78. The van der Waals surface area contributed by atoms with Gasteiger partial charge in [0.25, 0.3) is 0 Å². The number of hydrogen-bond donors (Lipinski definition) is 1. The lowest BCUT2D eigenvalue weighted by molar-refractivity contribution is 0.483. The van der Waals surface area contributed by atoms with E-state index >= 15 is 0 Å². The van der Waals surface area contributed by atoms with E-state index in [1.54, 1.807) is 6.20 Å². The zero-order valence-corrected chi connectivity index (χ0v) is 11.3. The number of benzene rings is 3. The highest BCUT2D eigenvalue weighted by Gasteiger charge is 2.11. The molecule has 2 nitrogen and oxygen atoms in total. The van der Waals surface area contributed by atoms with Crippen LogP contribution in [0.25, 0.3) is 32.8 Å². The van der Waals surface area contributed by atoms with Gasteiger partial charge in [0.2, 0.25) is 0 Å². The van der Waals surface area contributed by atoms with Crippen LogP contribution in [0, 0.1) is 0 Å². The number of nitrogens with zero attached hydrogens (tertiary/aromatic N) is 1. The minimum atomic E-state index is 0.289. The Bertz CT molecular complexity index is 954. The van der Waals surface area contributed by atoms with Crippen LogP contribution in [0.2, 0.25) is 0 Å². The van der Waals surface area contributed by atoms with Crippen molar-refractivity contribution in [2.45, 2.75) is 0 Å². The zero-order valence-electron chi connectivity index (χ0n) is 11.3. The van der Waals surface area contributed by atoms with Gasteiger partial charge in [0, 0.05) is 22.5 Å². The molecular formula is C19H13NO. The molecule has 1 aromatic heterocycles. The van der Waals surface area contributed by atoms with Gasteiger partial charge in [0.1, 0.15) is 5.75 Å². The molecule has 0 aliphatic rings. The quantitative estimate of drug-likeness (QED) is 0.541. The maximum absolute atomic E-state index is 10.6. The summed E-state index contributed by atoms with van der Waals surface area (Å²) in [6, 6.07) is 21.9. The van der Waals surface area contributed by atoms with Crippen molar-refractivity contribution in [3.63, 3.8) is 0 Å². The monoisotopic (exact) mass is 271 g/mol.